The lowest BCUT2D eigenvalue weighted by atomic mass is 9.53. The Hall–Kier alpha value is -2.71. The quantitative estimate of drug-likeness (QED) is 0.316. The second-order valence-corrected chi connectivity index (χ2v) is 10.3. The summed E-state index contributed by atoms with van der Waals surface area (Å²) in [6.45, 7) is 10.1. The van der Waals surface area contributed by atoms with Crippen LogP contribution in [0.1, 0.15) is 46.5 Å². The third-order valence-corrected chi connectivity index (χ3v) is 8.32. The van der Waals surface area contributed by atoms with Crippen molar-refractivity contribution in [2.45, 2.75) is 70.9 Å². The van der Waals surface area contributed by atoms with Gasteiger partial charge in [-0.2, -0.15) is 0 Å². The largest absolute Gasteiger partial charge is 0.463 e. The van der Waals surface area contributed by atoms with E-state index in [1.165, 1.54) is 29.9 Å². The first-order valence-corrected chi connectivity index (χ1v) is 12.2. The molecule has 1 saturated carbocycles. The maximum absolute atomic E-state index is 12.9. The molecule has 2 aliphatic carbocycles. The van der Waals surface area contributed by atoms with Gasteiger partial charge in [0, 0.05) is 29.4 Å². The fraction of sp³-hybridized carbons (Fsp3) is 0.593. The number of rotatable bonds is 0. The Morgan fingerprint density at radius 3 is 2.57 bits per heavy atom. The molecule has 8 nitrogen and oxygen atoms in total. The summed E-state index contributed by atoms with van der Waals surface area (Å²) >= 11 is 0. The van der Waals surface area contributed by atoms with Crippen LogP contribution in [0, 0.1) is 16.7 Å². The predicted molar refractivity (Wildman–Crippen MR) is 126 cm³/mol. The van der Waals surface area contributed by atoms with Gasteiger partial charge in [-0.3, -0.25) is 0 Å². The average Bonchev–Trinajstić information content (AvgIpc) is 2.99. The molecule has 1 spiro atoms. The van der Waals surface area contributed by atoms with E-state index in [1.807, 2.05) is 13.8 Å². The summed E-state index contributed by atoms with van der Waals surface area (Å²) in [5.41, 5.74) is 0.604. The first kappa shape index (κ1) is 25.4. The number of carbonyl (C=O) groups is 3. The zero-order valence-corrected chi connectivity index (χ0v) is 20.5. The summed E-state index contributed by atoms with van der Waals surface area (Å²) in [7, 11) is 0. The highest BCUT2D eigenvalue weighted by molar-refractivity contribution is 5.84. The Morgan fingerprint density at radius 1 is 1.11 bits per heavy atom. The molecule has 2 aliphatic heterocycles. The molecule has 35 heavy (non-hydrogen) atoms. The van der Waals surface area contributed by atoms with Crippen LogP contribution >= 0.6 is 0 Å². The second kappa shape index (κ2) is 9.74. The molecule has 0 amide bonds. The molecule has 2 heterocycles. The highest BCUT2D eigenvalue weighted by Crippen LogP contribution is 2.65. The summed E-state index contributed by atoms with van der Waals surface area (Å²) < 4.78 is 23.2. The SMILES string of the molecule is C=C1[C@H]2C[C@H]3OC(=O)/C=C\C=C/C(=O)OCC[C@@H](C)[C@H](O)C(=O)OC[C@@]4(CCC(C)=C[C@H]4O2)[C@]13C. The van der Waals surface area contributed by atoms with E-state index in [0.29, 0.717) is 12.8 Å². The van der Waals surface area contributed by atoms with Crippen LogP contribution in [0.25, 0.3) is 0 Å². The maximum atomic E-state index is 12.9. The summed E-state index contributed by atoms with van der Waals surface area (Å²) in [5.74, 6) is -2.36. The van der Waals surface area contributed by atoms with E-state index in [2.05, 4.69) is 12.7 Å². The topological polar surface area (TPSA) is 108 Å². The molecule has 1 N–H and O–H groups in total. The molecule has 0 unspecified atom stereocenters. The average molecular weight is 487 g/mol. The summed E-state index contributed by atoms with van der Waals surface area (Å²) in [6.07, 6.45) is 7.01. The van der Waals surface area contributed by atoms with E-state index in [9.17, 15) is 19.5 Å². The van der Waals surface area contributed by atoms with Crippen LogP contribution < -0.4 is 0 Å². The molecule has 0 aromatic carbocycles. The minimum Gasteiger partial charge on any atom is -0.463 e. The smallest absolute Gasteiger partial charge is 0.335 e. The first-order chi connectivity index (χ1) is 16.6. The standard InChI is InChI=1S/C27H34O8/c1-16-9-11-27-15-33-25(31)24(30)17(2)10-12-32-22(28)7-5-6-8-23(29)35-20-14-19(34-21(27)13-16)18(3)26(20,27)4/h5-8,13,17,19-21,24,30H,3,9-12,14-15H2,1-2,4H3/b7-5-,8-6-/t17-,19-,20-,21-,24+,26-,27-/m1/s1. The van der Waals surface area contributed by atoms with Crippen molar-refractivity contribution in [3.63, 3.8) is 0 Å². The summed E-state index contributed by atoms with van der Waals surface area (Å²) in [5, 5.41) is 10.6. The van der Waals surface area contributed by atoms with E-state index >= 15 is 0 Å². The van der Waals surface area contributed by atoms with Crippen molar-refractivity contribution in [3.8, 4) is 0 Å². The Bertz CT molecular complexity index is 993. The zero-order chi connectivity index (χ0) is 25.4. The third kappa shape index (κ3) is 4.49. The van der Waals surface area contributed by atoms with Crippen LogP contribution in [-0.2, 0) is 33.3 Å². The number of cyclic esters (lactones) is 2. The van der Waals surface area contributed by atoms with Gasteiger partial charge in [0.15, 0.2) is 6.10 Å². The second-order valence-electron chi connectivity index (χ2n) is 10.3. The highest BCUT2D eigenvalue weighted by Gasteiger charge is 2.68. The van der Waals surface area contributed by atoms with E-state index in [4.69, 9.17) is 18.9 Å². The number of ether oxygens (including phenoxy) is 4. The van der Waals surface area contributed by atoms with E-state index < -0.39 is 46.9 Å². The van der Waals surface area contributed by atoms with Gasteiger partial charge in [-0.25, -0.2) is 14.4 Å². The van der Waals surface area contributed by atoms with Crippen molar-refractivity contribution in [3.05, 3.63) is 48.1 Å². The van der Waals surface area contributed by atoms with Crippen LogP contribution in [-0.4, -0.2) is 60.6 Å². The van der Waals surface area contributed by atoms with Crippen molar-refractivity contribution < 1.29 is 38.4 Å². The number of hydrogen-bond acceptors (Lipinski definition) is 8. The van der Waals surface area contributed by atoms with Crippen LogP contribution in [0.5, 0.6) is 0 Å². The van der Waals surface area contributed by atoms with Crippen LogP contribution in [0.3, 0.4) is 0 Å². The fourth-order valence-electron chi connectivity index (χ4n) is 5.84. The molecule has 2 bridgehead atoms. The van der Waals surface area contributed by atoms with Crippen molar-refractivity contribution in [2.24, 2.45) is 16.7 Å². The van der Waals surface area contributed by atoms with Gasteiger partial charge in [-0.1, -0.05) is 44.2 Å². The van der Waals surface area contributed by atoms with Gasteiger partial charge in [0.2, 0.25) is 0 Å². The third-order valence-electron chi connectivity index (χ3n) is 8.32. The summed E-state index contributed by atoms with van der Waals surface area (Å²) in [4.78, 5) is 37.4. The molecule has 190 valence electrons. The molecule has 0 aromatic heterocycles. The lowest BCUT2D eigenvalue weighted by molar-refractivity contribution is -0.189. The molecule has 4 rings (SSSR count). The van der Waals surface area contributed by atoms with E-state index in [0.717, 1.165) is 12.0 Å². The van der Waals surface area contributed by atoms with Gasteiger partial charge < -0.3 is 24.1 Å². The van der Waals surface area contributed by atoms with E-state index in [-0.39, 0.29) is 31.8 Å². The number of allylic oxidation sites excluding steroid dienone is 3. The molecular formula is C27H34O8. The molecule has 4 aliphatic rings. The van der Waals surface area contributed by atoms with Crippen molar-refractivity contribution in [1.82, 2.24) is 0 Å². The van der Waals surface area contributed by atoms with Crippen LogP contribution in [0.2, 0.25) is 0 Å². The lowest BCUT2D eigenvalue weighted by Gasteiger charge is -2.56. The van der Waals surface area contributed by atoms with Gasteiger partial charge >= 0.3 is 17.9 Å². The minimum absolute atomic E-state index is 0.00604. The van der Waals surface area contributed by atoms with Gasteiger partial charge in [-0.05, 0) is 37.7 Å². The van der Waals surface area contributed by atoms with Crippen LogP contribution in [0.4, 0.5) is 0 Å². The Balaban J connectivity index is 1.71. The number of hydrogen-bond donors (Lipinski definition) is 1. The molecule has 8 heteroatoms. The minimum atomic E-state index is -1.37. The molecular weight excluding hydrogens is 452 g/mol. The Morgan fingerprint density at radius 2 is 1.83 bits per heavy atom. The van der Waals surface area contributed by atoms with Gasteiger partial charge in [-0.15, -0.1) is 0 Å². The molecule has 7 atom stereocenters. The molecule has 0 aromatic rings. The highest BCUT2D eigenvalue weighted by atomic mass is 16.6. The zero-order valence-electron chi connectivity index (χ0n) is 20.5. The predicted octanol–water partition coefficient (Wildman–Crippen LogP) is 2.96. The van der Waals surface area contributed by atoms with Crippen molar-refractivity contribution in [2.75, 3.05) is 13.2 Å². The number of aliphatic hydroxyl groups excluding tert-OH is 1. The lowest BCUT2D eigenvalue weighted by Crippen LogP contribution is -2.60. The summed E-state index contributed by atoms with van der Waals surface area (Å²) in [6, 6.07) is 0. The maximum Gasteiger partial charge on any atom is 0.335 e. The monoisotopic (exact) mass is 486 g/mol. The van der Waals surface area contributed by atoms with Crippen LogP contribution in [0.15, 0.2) is 48.1 Å². The molecule has 2 fully saturated rings. The van der Waals surface area contributed by atoms with Crippen molar-refractivity contribution >= 4 is 17.9 Å². The number of aliphatic hydroxyl groups is 1. The number of fused-ring (bicyclic) bond motifs is 1. The Labute approximate surface area is 205 Å². The van der Waals surface area contributed by atoms with Crippen molar-refractivity contribution in [1.29, 1.82) is 0 Å². The Kier molecular flexibility index (Phi) is 7.06. The number of carbonyl (C=O) groups excluding carboxylic acids is 3. The molecule has 1 saturated heterocycles. The first-order valence-electron chi connectivity index (χ1n) is 12.2. The normalized spacial score (nSPS) is 42.4. The van der Waals surface area contributed by atoms with Gasteiger partial charge in [0.1, 0.15) is 12.7 Å². The fourth-order valence-corrected chi connectivity index (χ4v) is 5.84. The van der Waals surface area contributed by atoms with E-state index in [1.54, 1.807) is 6.92 Å². The molecule has 0 radical (unpaired) electrons. The van der Waals surface area contributed by atoms with Gasteiger partial charge in [0.05, 0.1) is 18.8 Å². The number of esters is 3. The van der Waals surface area contributed by atoms with Gasteiger partial charge in [0.25, 0.3) is 0 Å².